The van der Waals surface area contributed by atoms with E-state index in [0.29, 0.717) is 5.92 Å². The number of amides is 1. The third-order valence-electron chi connectivity index (χ3n) is 2.76. The molecule has 0 aliphatic carbocycles. The van der Waals surface area contributed by atoms with Crippen molar-refractivity contribution in [1.82, 2.24) is 5.32 Å². The second-order valence-corrected chi connectivity index (χ2v) is 5.31. The number of anilines is 1. The molecule has 1 aromatic rings. The summed E-state index contributed by atoms with van der Waals surface area (Å²) in [5, 5.41) is 6.13. The molecule has 1 atom stereocenters. The van der Waals surface area contributed by atoms with Gasteiger partial charge in [-0.05, 0) is 44.4 Å². The third-order valence-corrected chi connectivity index (χ3v) is 2.76. The van der Waals surface area contributed by atoms with Crippen LogP contribution in [0.2, 0.25) is 0 Å². The zero-order chi connectivity index (χ0) is 13.7. The first-order valence-electron chi connectivity index (χ1n) is 6.57. The lowest BCUT2D eigenvalue weighted by Gasteiger charge is -2.18. The molecule has 0 bridgehead atoms. The Kier molecular flexibility index (Phi) is 5.20. The van der Waals surface area contributed by atoms with E-state index in [1.165, 1.54) is 5.56 Å². The van der Waals surface area contributed by atoms with Gasteiger partial charge in [0.15, 0.2) is 0 Å². The number of rotatable bonds is 5. The van der Waals surface area contributed by atoms with Gasteiger partial charge in [0.25, 0.3) is 0 Å². The van der Waals surface area contributed by atoms with Crippen LogP contribution in [-0.4, -0.2) is 18.0 Å². The second-order valence-electron chi connectivity index (χ2n) is 5.31. The molecule has 1 aromatic carbocycles. The lowest BCUT2D eigenvalue weighted by molar-refractivity contribution is -0.122. The number of nitrogens with one attached hydrogen (secondary N) is 2. The average Bonchev–Trinajstić information content (AvgIpc) is 2.28. The highest BCUT2D eigenvalue weighted by atomic mass is 16.2. The second kappa shape index (κ2) is 6.43. The Hall–Kier alpha value is -1.51. The Morgan fingerprint density at radius 3 is 2.33 bits per heavy atom. The molecule has 0 spiro atoms. The highest BCUT2D eigenvalue weighted by Gasteiger charge is 2.13. The molecule has 3 nitrogen and oxygen atoms in total. The Morgan fingerprint density at radius 1 is 1.11 bits per heavy atom. The van der Waals surface area contributed by atoms with Crippen molar-refractivity contribution in [3.63, 3.8) is 0 Å². The lowest BCUT2D eigenvalue weighted by Crippen LogP contribution is -2.40. The van der Waals surface area contributed by atoms with Crippen molar-refractivity contribution in [3.05, 3.63) is 29.8 Å². The maximum atomic E-state index is 11.8. The third kappa shape index (κ3) is 4.40. The molecule has 0 saturated carbocycles. The molecular formula is C15H24N2O. The number of carbonyl (C=O) groups excluding carboxylic acids is 1. The van der Waals surface area contributed by atoms with Gasteiger partial charge in [-0.2, -0.15) is 0 Å². The van der Waals surface area contributed by atoms with Crippen LogP contribution < -0.4 is 10.6 Å². The van der Waals surface area contributed by atoms with Crippen molar-refractivity contribution in [3.8, 4) is 0 Å². The largest absolute Gasteiger partial charge is 0.374 e. The molecule has 0 aromatic heterocycles. The van der Waals surface area contributed by atoms with E-state index in [1.807, 2.05) is 32.9 Å². The van der Waals surface area contributed by atoms with Crippen LogP contribution in [0.5, 0.6) is 0 Å². The van der Waals surface area contributed by atoms with E-state index in [2.05, 4.69) is 36.6 Å². The molecule has 18 heavy (non-hydrogen) atoms. The molecule has 0 heterocycles. The highest BCUT2D eigenvalue weighted by Crippen LogP contribution is 2.18. The van der Waals surface area contributed by atoms with Gasteiger partial charge in [0.1, 0.15) is 6.04 Å². The van der Waals surface area contributed by atoms with Gasteiger partial charge in [-0.1, -0.05) is 26.0 Å². The fourth-order valence-corrected chi connectivity index (χ4v) is 1.71. The number of carbonyl (C=O) groups is 1. The van der Waals surface area contributed by atoms with Crippen LogP contribution >= 0.6 is 0 Å². The van der Waals surface area contributed by atoms with E-state index in [9.17, 15) is 4.79 Å². The van der Waals surface area contributed by atoms with Crippen molar-refractivity contribution >= 4 is 11.6 Å². The van der Waals surface area contributed by atoms with Gasteiger partial charge >= 0.3 is 0 Å². The quantitative estimate of drug-likeness (QED) is 0.840. The summed E-state index contributed by atoms with van der Waals surface area (Å²) < 4.78 is 0. The van der Waals surface area contributed by atoms with Gasteiger partial charge in [0, 0.05) is 11.7 Å². The summed E-state index contributed by atoms with van der Waals surface area (Å²) in [5.41, 5.74) is 2.27. The van der Waals surface area contributed by atoms with Crippen molar-refractivity contribution in [2.45, 2.75) is 52.6 Å². The van der Waals surface area contributed by atoms with Crippen molar-refractivity contribution in [2.24, 2.45) is 0 Å². The normalized spacial score (nSPS) is 12.6. The van der Waals surface area contributed by atoms with Crippen LogP contribution in [0, 0.1) is 0 Å². The summed E-state index contributed by atoms with van der Waals surface area (Å²) in [5.74, 6) is 0.520. The van der Waals surface area contributed by atoms with E-state index in [-0.39, 0.29) is 18.0 Å². The van der Waals surface area contributed by atoms with Crippen LogP contribution in [0.4, 0.5) is 5.69 Å². The van der Waals surface area contributed by atoms with E-state index in [4.69, 9.17) is 0 Å². The molecular weight excluding hydrogens is 224 g/mol. The molecule has 2 N–H and O–H groups in total. The fourth-order valence-electron chi connectivity index (χ4n) is 1.71. The molecule has 1 unspecified atom stereocenters. The van der Waals surface area contributed by atoms with Crippen LogP contribution in [0.15, 0.2) is 24.3 Å². The van der Waals surface area contributed by atoms with E-state index in [0.717, 1.165) is 5.69 Å². The van der Waals surface area contributed by atoms with Gasteiger partial charge < -0.3 is 10.6 Å². The monoisotopic (exact) mass is 248 g/mol. The Balaban J connectivity index is 2.66. The van der Waals surface area contributed by atoms with Crippen LogP contribution in [0.25, 0.3) is 0 Å². The van der Waals surface area contributed by atoms with Crippen molar-refractivity contribution in [2.75, 3.05) is 5.32 Å². The summed E-state index contributed by atoms with van der Waals surface area (Å²) in [4.78, 5) is 11.8. The summed E-state index contributed by atoms with van der Waals surface area (Å²) >= 11 is 0. The average molecular weight is 248 g/mol. The van der Waals surface area contributed by atoms with Gasteiger partial charge in [0.05, 0.1) is 0 Å². The van der Waals surface area contributed by atoms with Gasteiger partial charge in [-0.3, -0.25) is 4.79 Å². The van der Waals surface area contributed by atoms with Crippen LogP contribution in [-0.2, 0) is 4.79 Å². The zero-order valence-corrected chi connectivity index (χ0v) is 11.9. The lowest BCUT2D eigenvalue weighted by atomic mass is 10.0. The topological polar surface area (TPSA) is 41.1 Å². The summed E-state index contributed by atoms with van der Waals surface area (Å²) in [6.45, 7) is 10.1. The number of benzene rings is 1. The molecule has 0 radical (unpaired) electrons. The Bertz CT molecular complexity index is 399. The molecule has 0 fully saturated rings. The van der Waals surface area contributed by atoms with E-state index in [1.54, 1.807) is 0 Å². The first-order valence-corrected chi connectivity index (χ1v) is 6.57. The number of hydrogen-bond donors (Lipinski definition) is 2. The maximum absolute atomic E-state index is 11.8. The molecule has 1 rings (SSSR count). The summed E-state index contributed by atoms with van der Waals surface area (Å²) in [7, 11) is 0. The van der Waals surface area contributed by atoms with Crippen molar-refractivity contribution < 1.29 is 4.79 Å². The summed E-state index contributed by atoms with van der Waals surface area (Å²) in [6.07, 6.45) is 0. The van der Waals surface area contributed by atoms with Gasteiger partial charge in [-0.25, -0.2) is 0 Å². The molecule has 3 heteroatoms. The standard InChI is InChI=1S/C15H24N2O/c1-10(2)13-7-6-8-14(9-13)17-12(5)15(18)16-11(3)4/h6-12,17H,1-5H3,(H,16,18). The maximum Gasteiger partial charge on any atom is 0.242 e. The highest BCUT2D eigenvalue weighted by molar-refractivity contribution is 5.84. The minimum absolute atomic E-state index is 0.0277. The minimum Gasteiger partial charge on any atom is -0.374 e. The number of hydrogen-bond acceptors (Lipinski definition) is 2. The SMILES string of the molecule is CC(C)NC(=O)C(C)Nc1cccc(C(C)C)c1. The molecule has 0 aliphatic heterocycles. The van der Waals surface area contributed by atoms with Crippen LogP contribution in [0.1, 0.15) is 46.1 Å². The predicted octanol–water partition coefficient (Wildman–Crippen LogP) is 3.14. The molecule has 0 saturated heterocycles. The minimum atomic E-state index is -0.227. The van der Waals surface area contributed by atoms with Gasteiger partial charge in [-0.15, -0.1) is 0 Å². The van der Waals surface area contributed by atoms with E-state index < -0.39 is 0 Å². The first-order chi connectivity index (χ1) is 8.40. The first kappa shape index (κ1) is 14.6. The molecule has 100 valence electrons. The van der Waals surface area contributed by atoms with E-state index >= 15 is 0 Å². The molecule has 1 amide bonds. The van der Waals surface area contributed by atoms with Gasteiger partial charge in [0.2, 0.25) is 5.91 Å². The zero-order valence-electron chi connectivity index (χ0n) is 11.9. The van der Waals surface area contributed by atoms with Crippen LogP contribution in [0.3, 0.4) is 0 Å². The van der Waals surface area contributed by atoms with Crippen molar-refractivity contribution in [1.29, 1.82) is 0 Å². The summed E-state index contributed by atoms with van der Waals surface area (Å²) in [6, 6.07) is 8.16. The Morgan fingerprint density at radius 2 is 1.78 bits per heavy atom. The Labute approximate surface area is 110 Å². The fraction of sp³-hybridized carbons (Fsp3) is 0.533. The predicted molar refractivity (Wildman–Crippen MR) is 76.9 cm³/mol. The smallest absolute Gasteiger partial charge is 0.242 e. The molecule has 0 aliphatic rings.